The molecule has 3 rings (SSSR count). The Morgan fingerprint density at radius 2 is 1.89 bits per heavy atom. The van der Waals surface area contributed by atoms with Gasteiger partial charge in [0.1, 0.15) is 6.04 Å². The van der Waals surface area contributed by atoms with E-state index in [2.05, 4.69) is 16.8 Å². The highest BCUT2D eigenvalue weighted by atomic mass is 16.4. The minimum atomic E-state index is -0.580. The van der Waals surface area contributed by atoms with E-state index < -0.39 is 5.97 Å². The molecule has 0 spiro atoms. The van der Waals surface area contributed by atoms with Crippen LogP contribution in [0.5, 0.6) is 0 Å². The van der Waals surface area contributed by atoms with Crippen molar-refractivity contribution in [2.45, 2.75) is 44.2 Å². The minimum Gasteiger partial charge on any atom is -0.480 e. The number of fused-ring (bicyclic) bond motifs is 1. The first-order chi connectivity index (χ1) is 8.66. The third-order valence-electron chi connectivity index (χ3n) is 5.34. The van der Waals surface area contributed by atoms with Crippen LogP contribution in [0.4, 0.5) is 0 Å². The number of likely N-dealkylation sites (tertiary alicyclic amines) is 2. The molecule has 1 saturated carbocycles. The molecular weight excluding hydrogens is 228 g/mol. The van der Waals surface area contributed by atoms with Crippen molar-refractivity contribution in [1.82, 2.24) is 9.80 Å². The summed E-state index contributed by atoms with van der Waals surface area (Å²) in [7, 11) is 2.16. The normalized spacial score (nSPS) is 39.1. The Hall–Kier alpha value is -0.610. The summed E-state index contributed by atoms with van der Waals surface area (Å²) in [6.07, 6.45) is 5.89. The lowest BCUT2D eigenvalue weighted by Gasteiger charge is -2.37. The van der Waals surface area contributed by atoms with Gasteiger partial charge in [0.05, 0.1) is 0 Å². The molecule has 0 aromatic heterocycles. The van der Waals surface area contributed by atoms with E-state index >= 15 is 0 Å². The van der Waals surface area contributed by atoms with Gasteiger partial charge in [-0.3, -0.25) is 9.69 Å². The van der Waals surface area contributed by atoms with Crippen LogP contribution < -0.4 is 0 Å². The third kappa shape index (κ3) is 2.05. The average Bonchev–Trinajstić information content (AvgIpc) is 2.88. The van der Waals surface area contributed by atoms with Crippen LogP contribution in [0.2, 0.25) is 0 Å². The molecule has 102 valence electrons. The Morgan fingerprint density at radius 3 is 2.56 bits per heavy atom. The molecule has 2 saturated heterocycles. The first-order valence-corrected chi connectivity index (χ1v) is 7.34. The van der Waals surface area contributed by atoms with Gasteiger partial charge in [-0.15, -0.1) is 0 Å². The lowest BCUT2D eigenvalue weighted by atomic mass is 9.93. The molecular formula is C14H24N2O2. The smallest absolute Gasteiger partial charge is 0.321 e. The number of hydrogen-bond acceptors (Lipinski definition) is 3. The summed E-state index contributed by atoms with van der Waals surface area (Å²) >= 11 is 0. The monoisotopic (exact) mass is 252 g/mol. The highest BCUT2D eigenvalue weighted by molar-refractivity contribution is 5.74. The molecule has 0 amide bonds. The standard InChI is InChI=1S/C14H24N2O2/c1-15-7-5-11(6-8-15)16-9-10-3-2-4-12(10)13(16)14(17)18/h10-13H,2-9H2,1H3,(H,17,18). The molecule has 3 fully saturated rings. The van der Waals surface area contributed by atoms with Crippen LogP contribution in [0.1, 0.15) is 32.1 Å². The van der Waals surface area contributed by atoms with E-state index in [-0.39, 0.29) is 6.04 Å². The Labute approximate surface area is 109 Å². The average molecular weight is 252 g/mol. The summed E-state index contributed by atoms with van der Waals surface area (Å²) in [6, 6.07) is 0.318. The zero-order valence-electron chi connectivity index (χ0n) is 11.2. The van der Waals surface area contributed by atoms with E-state index in [1.807, 2.05) is 0 Å². The fraction of sp³-hybridized carbons (Fsp3) is 0.929. The van der Waals surface area contributed by atoms with E-state index in [1.54, 1.807) is 0 Å². The Balaban J connectivity index is 1.73. The zero-order valence-corrected chi connectivity index (χ0v) is 11.2. The van der Waals surface area contributed by atoms with Gasteiger partial charge in [-0.2, -0.15) is 0 Å². The summed E-state index contributed by atoms with van der Waals surface area (Å²) in [5, 5.41) is 9.56. The van der Waals surface area contributed by atoms with Crippen molar-refractivity contribution < 1.29 is 9.90 Å². The van der Waals surface area contributed by atoms with Crippen molar-refractivity contribution in [3.63, 3.8) is 0 Å². The quantitative estimate of drug-likeness (QED) is 0.803. The maximum atomic E-state index is 11.6. The molecule has 2 heterocycles. The van der Waals surface area contributed by atoms with Crippen LogP contribution in [0.15, 0.2) is 0 Å². The second-order valence-electron chi connectivity index (χ2n) is 6.37. The first kappa shape index (κ1) is 12.4. The molecule has 18 heavy (non-hydrogen) atoms. The number of carboxylic acid groups (broad SMARTS) is 1. The molecule has 3 atom stereocenters. The Morgan fingerprint density at radius 1 is 1.17 bits per heavy atom. The van der Waals surface area contributed by atoms with Gasteiger partial charge in [-0.1, -0.05) is 6.42 Å². The second-order valence-corrected chi connectivity index (χ2v) is 6.37. The Bertz CT molecular complexity index is 326. The van der Waals surface area contributed by atoms with Crippen molar-refractivity contribution in [2.75, 3.05) is 26.7 Å². The van der Waals surface area contributed by atoms with E-state index in [0.717, 1.165) is 38.9 Å². The summed E-state index contributed by atoms with van der Waals surface area (Å²) in [5.74, 6) is 0.510. The predicted molar refractivity (Wildman–Crippen MR) is 69.5 cm³/mol. The predicted octanol–water partition coefficient (Wildman–Crippen LogP) is 1.27. The summed E-state index contributed by atoms with van der Waals surface area (Å²) in [6.45, 7) is 3.27. The number of nitrogens with zero attached hydrogens (tertiary/aromatic N) is 2. The highest BCUT2D eigenvalue weighted by Gasteiger charge is 2.49. The SMILES string of the molecule is CN1CCC(N2CC3CCCC3C2C(=O)O)CC1. The number of hydrogen-bond donors (Lipinski definition) is 1. The number of carbonyl (C=O) groups is 1. The van der Waals surface area contributed by atoms with Gasteiger partial charge >= 0.3 is 5.97 Å². The van der Waals surface area contributed by atoms with E-state index in [4.69, 9.17) is 0 Å². The molecule has 0 radical (unpaired) electrons. The van der Waals surface area contributed by atoms with Gasteiger partial charge in [0.25, 0.3) is 0 Å². The number of aliphatic carboxylic acids is 1. The topological polar surface area (TPSA) is 43.8 Å². The molecule has 0 aromatic rings. The fourth-order valence-electron chi connectivity index (χ4n) is 4.37. The maximum absolute atomic E-state index is 11.6. The number of carboxylic acids is 1. The molecule has 1 aliphatic carbocycles. The van der Waals surface area contributed by atoms with Gasteiger partial charge in [0, 0.05) is 12.6 Å². The molecule has 3 unspecified atom stereocenters. The largest absolute Gasteiger partial charge is 0.480 e. The molecule has 2 aliphatic heterocycles. The van der Waals surface area contributed by atoms with Gasteiger partial charge in [0.2, 0.25) is 0 Å². The Kier molecular flexibility index (Phi) is 3.32. The summed E-state index contributed by atoms with van der Waals surface area (Å²) in [5.41, 5.74) is 0. The zero-order chi connectivity index (χ0) is 12.7. The van der Waals surface area contributed by atoms with Crippen LogP contribution >= 0.6 is 0 Å². The van der Waals surface area contributed by atoms with Gasteiger partial charge < -0.3 is 10.0 Å². The van der Waals surface area contributed by atoms with Crippen LogP contribution in [0.25, 0.3) is 0 Å². The lowest BCUT2D eigenvalue weighted by molar-refractivity contribution is -0.144. The number of rotatable bonds is 2. The second kappa shape index (κ2) is 4.82. The highest BCUT2D eigenvalue weighted by Crippen LogP contribution is 2.43. The first-order valence-electron chi connectivity index (χ1n) is 7.34. The van der Waals surface area contributed by atoms with Gasteiger partial charge in [0.15, 0.2) is 0 Å². The summed E-state index contributed by atoms with van der Waals surface area (Å²) in [4.78, 5) is 16.3. The molecule has 4 nitrogen and oxygen atoms in total. The van der Waals surface area contributed by atoms with Crippen LogP contribution in [0.3, 0.4) is 0 Å². The van der Waals surface area contributed by atoms with Gasteiger partial charge in [-0.05, 0) is 57.7 Å². The lowest BCUT2D eigenvalue weighted by Crippen LogP contribution is -2.49. The van der Waals surface area contributed by atoms with E-state index in [1.165, 1.54) is 12.8 Å². The van der Waals surface area contributed by atoms with Crippen LogP contribution in [-0.4, -0.2) is 59.6 Å². The van der Waals surface area contributed by atoms with Gasteiger partial charge in [-0.25, -0.2) is 0 Å². The van der Waals surface area contributed by atoms with Crippen LogP contribution in [-0.2, 0) is 4.79 Å². The van der Waals surface area contributed by atoms with Crippen molar-refractivity contribution in [2.24, 2.45) is 11.8 Å². The number of piperidine rings is 1. The molecule has 0 bridgehead atoms. The van der Waals surface area contributed by atoms with Crippen molar-refractivity contribution in [1.29, 1.82) is 0 Å². The molecule has 0 aromatic carbocycles. The van der Waals surface area contributed by atoms with Crippen molar-refractivity contribution in [3.8, 4) is 0 Å². The minimum absolute atomic E-state index is 0.189. The maximum Gasteiger partial charge on any atom is 0.321 e. The van der Waals surface area contributed by atoms with E-state index in [9.17, 15) is 9.90 Å². The summed E-state index contributed by atoms with van der Waals surface area (Å²) < 4.78 is 0. The molecule has 1 N–H and O–H groups in total. The van der Waals surface area contributed by atoms with E-state index in [0.29, 0.717) is 17.9 Å². The van der Waals surface area contributed by atoms with Crippen molar-refractivity contribution in [3.05, 3.63) is 0 Å². The fourth-order valence-corrected chi connectivity index (χ4v) is 4.37. The van der Waals surface area contributed by atoms with Crippen molar-refractivity contribution >= 4 is 5.97 Å². The molecule has 4 heteroatoms. The molecule has 3 aliphatic rings. The van der Waals surface area contributed by atoms with Crippen LogP contribution in [0, 0.1) is 11.8 Å². The third-order valence-corrected chi connectivity index (χ3v) is 5.34.